The van der Waals surface area contributed by atoms with E-state index >= 15 is 0 Å². The van der Waals surface area contributed by atoms with Crippen LogP contribution >= 0.6 is 0 Å². The van der Waals surface area contributed by atoms with Crippen LogP contribution in [-0.4, -0.2) is 39.0 Å². The molecule has 0 aromatic heterocycles. The van der Waals surface area contributed by atoms with Crippen molar-refractivity contribution in [3.63, 3.8) is 0 Å². The lowest BCUT2D eigenvalue weighted by molar-refractivity contribution is -0.274. The molecule has 2 rings (SSSR count). The molecule has 0 aliphatic carbocycles. The fourth-order valence-corrected chi connectivity index (χ4v) is 3.49. The maximum atomic E-state index is 13.5. The number of esters is 1. The SMILES string of the molecule is COC(=O)C(Cc1ccc(O)c(F)c1)NS(=O)(=O)c1ccc(OC(F)(F)F)cc1. The summed E-state index contributed by atoms with van der Waals surface area (Å²) in [6.07, 6.45) is -5.24. The molecular formula is C17H15F4NO6S. The largest absolute Gasteiger partial charge is 0.573 e. The predicted molar refractivity (Wildman–Crippen MR) is 91.0 cm³/mol. The minimum absolute atomic E-state index is 0.187. The van der Waals surface area contributed by atoms with Crippen LogP contribution in [0.4, 0.5) is 17.6 Å². The Morgan fingerprint density at radius 3 is 2.31 bits per heavy atom. The minimum atomic E-state index is -4.94. The Morgan fingerprint density at radius 1 is 1.17 bits per heavy atom. The summed E-state index contributed by atoms with van der Waals surface area (Å²) in [5.74, 6) is -3.18. The lowest BCUT2D eigenvalue weighted by atomic mass is 10.1. The van der Waals surface area contributed by atoms with Crippen molar-refractivity contribution in [2.45, 2.75) is 23.7 Å². The van der Waals surface area contributed by atoms with Gasteiger partial charge in [-0.15, -0.1) is 13.2 Å². The number of aromatic hydroxyl groups is 1. The van der Waals surface area contributed by atoms with Crippen LogP contribution < -0.4 is 9.46 Å². The van der Waals surface area contributed by atoms with Crippen LogP contribution in [0.2, 0.25) is 0 Å². The number of phenols is 1. The van der Waals surface area contributed by atoms with Gasteiger partial charge in [0.2, 0.25) is 10.0 Å². The lowest BCUT2D eigenvalue weighted by Crippen LogP contribution is -2.43. The first-order chi connectivity index (χ1) is 13.4. The molecule has 0 saturated heterocycles. The van der Waals surface area contributed by atoms with Crippen molar-refractivity contribution in [3.05, 3.63) is 53.8 Å². The van der Waals surface area contributed by atoms with Crippen molar-refractivity contribution in [3.8, 4) is 11.5 Å². The van der Waals surface area contributed by atoms with Gasteiger partial charge < -0.3 is 14.6 Å². The molecule has 0 amide bonds. The van der Waals surface area contributed by atoms with E-state index in [-0.39, 0.29) is 12.0 Å². The highest BCUT2D eigenvalue weighted by Gasteiger charge is 2.31. The van der Waals surface area contributed by atoms with Crippen molar-refractivity contribution in [1.82, 2.24) is 4.72 Å². The number of rotatable bonds is 7. The van der Waals surface area contributed by atoms with Gasteiger partial charge >= 0.3 is 12.3 Å². The van der Waals surface area contributed by atoms with Crippen LogP contribution in [0.15, 0.2) is 47.4 Å². The van der Waals surface area contributed by atoms with Gasteiger partial charge in [-0.3, -0.25) is 4.79 Å². The number of sulfonamides is 1. The van der Waals surface area contributed by atoms with E-state index in [9.17, 15) is 35.9 Å². The fourth-order valence-electron chi connectivity index (χ4n) is 2.30. The van der Waals surface area contributed by atoms with Crippen molar-refractivity contribution in [2.75, 3.05) is 7.11 Å². The molecule has 0 bridgehead atoms. The summed E-state index contributed by atoms with van der Waals surface area (Å²) in [6.45, 7) is 0. The van der Waals surface area contributed by atoms with E-state index < -0.39 is 50.6 Å². The molecule has 0 saturated carbocycles. The fraction of sp³-hybridized carbons (Fsp3) is 0.235. The van der Waals surface area contributed by atoms with E-state index in [1.165, 1.54) is 6.07 Å². The molecule has 2 N–H and O–H groups in total. The van der Waals surface area contributed by atoms with Crippen molar-refractivity contribution >= 4 is 16.0 Å². The molecule has 0 radical (unpaired) electrons. The molecular weight excluding hydrogens is 422 g/mol. The number of carbonyl (C=O) groups is 1. The Bertz CT molecular complexity index is 976. The molecule has 2 aromatic rings. The highest BCUT2D eigenvalue weighted by molar-refractivity contribution is 7.89. The number of nitrogens with one attached hydrogen (secondary N) is 1. The topological polar surface area (TPSA) is 102 Å². The molecule has 0 spiro atoms. The molecule has 7 nitrogen and oxygen atoms in total. The number of halogens is 4. The summed E-state index contributed by atoms with van der Waals surface area (Å²) in [5.41, 5.74) is 0.187. The van der Waals surface area contributed by atoms with E-state index in [1.54, 1.807) is 0 Å². The average Bonchev–Trinajstić information content (AvgIpc) is 2.62. The molecule has 29 heavy (non-hydrogen) atoms. The maximum Gasteiger partial charge on any atom is 0.573 e. The monoisotopic (exact) mass is 437 g/mol. The van der Waals surface area contributed by atoms with Gasteiger partial charge in [0.1, 0.15) is 11.8 Å². The Morgan fingerprint density at radius 2 is 1.79 bits per heavy atom. The smallest absolute Gasteiger partial charge is 0.505 e. The first kappa shape index (κ1) is 22.4. The van der Waals surface area contributed by atoms with Gasteiger partial charge in [0.05, 0.1) is 12.0 Å². The number of methoxy groups -OCH3 is 1. The van der Waals surface area contributed by atoms with E-state index in [4.69, 9.17) is 0 Å². The first-order valence-corrected chi connectivity index (χ1v) is 9.33. The van der Waals surface area contributed by atoms with E-state index in [0.29, 0.717) is 0 Å². The van der Waals surface area contributed by atoms with Crippen LogP contribution in [0.3, 0.4) is 0 Å². The second-order valence-electron chi connectivity index (χ2n) is 5.71. The highest BCUT2D eigenvalue weighted by atomic mass is 32.2. The van der Waals surface area contributed by atoms with Gasteiger partial charge in [0.25, 0.3) is 0 Å². The first-order valence-electron chi connectivity index (χ1n) is 7.84. The number of ether oxygens (including phenoxy) is 2. The van der Waals surface area contributed by atoms with Gasteiger partial charge in [-0.2, -0.15) is 4.72 Å². The second-order valence-corrected chi connectivity index (χ2v) is 7.42. The van der Waals surface area contributed by atoms with Gasteiger partial charge in [0.15, 0.2) is 11.6 Å². The van der Waals surface area contributed by atoms with E-state index in [1.807, 2.05) is 0 Å². The van der Waals surface area contributed by atoms with E-state index in [0.717, 1.165) is 43.5 Å². The Hall–Kier alpha value is -2.86. The summed E-state index contributed by atoms with van der Waals surface area (Å²) in [4.78, 5) is 11.5. The number of hydrogen-bond donors (Lipinski definition) is 2. The summed E-state index contributed by atoms with van der Waals surface area (Å²) in [7, 11) is -3.33. The van der Waals surface area contributed by atoms with Crippen molar-refractivity contribution < 1.29 is 45.4 Å². The maximum absolute atomic E-state index is 13.5. The lowest BCUT2D eigenvalue weighted by Gasteiger charge is -2.17. The van der Waals surface area contributed by atoms with Crippen molar-refractivity contribution in [2.24, 2.45) is 0 Å². The molecule has 0 fully saturated rings. The van der Waals surface area contributed by atoms with Crippen LogP contribution in [0.1, 0.15) is 5.56 Å². The summed E-state index contributed by atoms with van der Waals surface area (Å²) >= 11 is 0. The molecule has 0 aliphatic rings. The zero-order valence-electron chi connectivity index (χ0n) is 14.7. The molecule has 2 aromatic carbocycles. The minimum Gasteiger partial charge on any atom is -0.505 e. The van der Waals surface area contributed by atoms with Crippen LogP contribution in [0.5, 0.6) is 11.5 Å². The number of alkyl halides is 3. The predicted octanol–water partition coefficient (Wildman–Crippen LogP) is 2.49. The van der Waals surface area contributed by atoms with Gasteiger partial charge in [-0.1, -0.05) is 6.07 Å². The van der Waals surface area contributed by atoms with Crippen LogP contribution in [0.25, 0.3) is 0 Å². The van der Waals surface area contributed by atoms with Gasteiger partial charge in [-0.05, 0) is 48.4 Å². The molecule has 0 aliphatic heterocycles. The third-order valence-electron chi connectivity index (χ3n) is 3.60. The van der Waals surface area contributed by atoms with Crippen molar-refractivity contribution in [1.29, 1.82) is 0 Å². The second kappa shape index (κ2) is 8.66. The number of hydrogen-bond acceptors (Lipinski definition) is 6. The van der Waals surface area contributed by atoms with Gasteiger partial charge in [0, 0.05) is 0 Å². The quantitative estimate of drug-likeness (QED) is 0.510. The van der Waals surface area contributed by atoms with Crippen LogP contribution in [-0.2, 0) is 26.0 Å². The Labute approximate surface area is 162 Å². The third-order valence-corrected chi connectivity index (χ3v) is 5.09. The normalized spacial score (nSPS) is 13.0. The Kier molecular flexibility index (Phi) is 6.69. The van der Waals surface area contributed by atoms with Gasteiger partial charge in [-0.25, -0.2) is 12.8 Å². The number of benzene rings is 2. The zero-order chi connectivity index (χ0) is 21.8. The molecule has 0 heterocycles. The molecule has 12 heteroatoms. The molecule has 158 valence electrons. The summed E-state index contributed by atoms with van der Waals surface area (Å²) < 4.78 is 85.3. The third kappa shape index (κ3) is 6.32. The molecule has 1 unspecified atom stereocenters. The van der Waals surface area contributed by atoms with Crippen LogP contribution in [0, 0.1) is 5.82 Å². The molecule has 1 atom stereocenters. The zero-order valence-corrected chi connectivity index (χ0v) is 15.6. The summed E-state index contributed by atoms with van der Waals surface area (Å²) in [5, 5.41) is 9.20. The number of carbonyl (C=O) groups excluding carboxylic acids is 1. The summed E-state index contributed by atoms with van der Waals surface area (Å²) in [6, 6.07) is 5.09. The highest BCUT2D eigenvalue weighted by Crippen LogP contribution is 2.24. The average molecular weight is 437 g/mol. The van der Waals surface area contributed by atoms with E-state index in [2.05, 4.69) is 14.2 Å². The Balaban J connectivity index is 2.22. The standard InChI is InChI=1S/C17H15F4NO6S/c1-27-16(24)14(9-10-2-7-15(23)13(18)8-10)22-29(25,26)12-5-3-11(4-6-12)28-17(19,20)21/h2-8,14,22-23H,9H2,1H3. The number of phenolic OH excluding ortho intramolecular Hbond substituents is 1.